The molecule has 4 heteroatoms. The highest BCUT2D eigenvalue weighted by molar-refractivity contribution is 5.87. The summed E-state index contributed by atoms with van der Waals surface area (Å²) < 4.78 is 7.02. The van der Waals surface area contributed by atoms with Gasteiger partial charge in [0.15, 0.2) is 0 Å². The number of carbonyl (C=O) groups excluding carboxylic acids is 1. The van der Waals surface area contributed by atoms with Gasteiger partial charge in [0.2, 0.25) is 0 Å². The van der Waals surface area contributed by atoms with Crippen LogP contribution in [0.25, 0.3) is 6.08 Å². The molecule has 0 aliphatic rings. The molecule has 0 amide bonds. The van der Waals surface area contributed by atoms with Gasteiger partial charge in [0.05, 0.1) is 19.0 Å². The van der Waals surface area contributed by atoms with Crippen LogP contribution in [0.4, 0.5) is 0 Å². The summed E-state index contributed by atoms with van der Waals surface area (Å²) in [5, 5.41) is 0. The summed E-state index contributed by atoms with van der Waals surface area (Å²) in [6, 6.07) is 8.48. The Kier molecular flexibility index (Phi) is 5.95. The second kappa shape index (κ2) is 8.17. The lowest BCUT2D eigenvalue weighted by atomic mass is 10.00. The van der Waals surface area contributed by atoms with Crippen LogP contribution < -0.4 is 0 Å². The lowest BCUT2D eigenvalue weighted by Crippen LogP contribution is -2.08. The molecule has 0 saturated heterocycles. The first-order chi connectivity index (χ1) is 10.7. The number of aromatic nitrogens is 2. The summed E-state index contributed by atoms with van der Waals surface area (Å²) in [5.41, 5.74) is 2.21. The fourth-order valence-electron chi connectivity index (χ4n) is 2.44. The molecule has 116 valence electrons. The van der Waals surface area contributed by atoms with Gasteiger partial charge in [0.25, 0.3) is 0 Å². The maximum Gasteiger partial charge on any atom is 0.330 e. The van der Waals surface area contributed by atoms with E-state index in [0.29, 0.717) is 6.61 Å². The largest absolute Gasteiger partial charge is 0.463 e. The third-order valence-electron chi connectivity index (χ3n) is 3.44. The summed E-state index contributed by atoms with van der Waals surface area (Å²) in [6.45, 7) is 4.36. The molecule has 1 aromatic carbocycles. The minimum atomic E-state index is -0.312. The molecule has 0 radical (unpaired) electrons. The van der Waals surface area contributed by atoms with Crippen LogP contribution in [0.5, 0.6) is 0 Å². The third-order valence-corrected chi connectivity index (χ3v) is 3.44. The van der Waals surface area contributed by atoms with Crippen molar-refractivity contribution in [3.05, 3.63) is 60.2 Å². The van der Waals surface area contributed by atoms with Crippen LogP contribution in [0.15, 0.2) is 49.1 Å². The Morgan fingerprint density at radius 1 is 1.41 bits per heavy atom. The topological polar surface area (TPSA) is 44.1 Å². The van der Waals surface area contributed by atoms with Gasteiger partial charge in [-0.3, -0.25) is 0 Å². The summed E-state index contributed by atoms with van der Waals surface area (Å²) in [6.07, 6.45) is 11.0. The van der Waals surface area contributed by atoms with E-state index < -0.39 is 0 Å². The molecule has 0 saturated carbocycles. The standard InChI is InChI=1S/C18H22N2O2/c1-3-6-17(20-12-11-19-14-20)16-8-5-7-15(13-16)9-10-18(21)22-4-2/h5,7-14,17H,3-4,6H2,1-2H3/b10-9+. The van der Waals surface area contributed by atoms with Crippen molar-refractivity contribution in [3.8, 4) is 0 Å². The number of hydrogen-bond donors (Lipinski definition) is 0. The van der Waals surface area contributed by atoms with Gasteiger partial charge in [0.1, 0.15) is 0 Å². The Morgan fingerprint density at radius 2 is 2.27 bits per heavy atom. The van der Waals surface area contributed by atoms with Crippen LogP contribution in [0.2, 0.25) is 0 Å². The molecule has 1 unspecified atom stereocenters. The lowest BCUT2D eigenvalue weighted by molar-refractivity contribution is -0.137. The van der Waals surface area contributed by atoms with Crippen molar-refractivity contribution in [1.82, 2.24) is 9.55 Å². The van der Waals surface area contributed by atoms with E-state index in [1.54, 1.807) is 19.2 Å². The van der Waals surface area contributed by atoms with Crippen LogP contribution in [-0.2, 0) is 9.53 Å². The van der Waals surface area contributed by atoms with Gasteiger partial charge in [-0.15, -0.1) is 0 Å². The number of carbonyl (C=O) groups is 1. The van der Waals surface area contributed by atoms with Gasteiger partial charge in [-0.1, -0.05) is 31.5 Å². The highest BCUT2D eigenvalue weighted by Crippen LogP contribution is 2.24. The molecule has 1 atom stereocenters. The summed E-state index contributed by atoms with van der Waals surface area (Å²) >= 11 is 0. The Morgan fingerprint density at radius 3 is 2.95 bits per heavy atom. The molecule has 0 fully saturated rings. The molecular formula is C18H22N2O2. The second-order valence-corrected chi connectivity index (χ2v) is 5.07. The molecule has 1 aromatic heterocycles. The quantitative estimate of drug-likeness (QED) is 0.576. The smallest absolute Gasteiger partial charge is 0.330 e. The molecule has 22 heavy (non-hydrogen) atoms. The summed E-state index contributed by atoms with van der Waals surface area (Å²) in [4.78, 5) is 15.5. The van der Waals surface area contributed by atoms with Gasteiger partial charge in [-0.2, -0.15) is 0 Å². The molecule has 0 bridgehead atoms. The van der Waals surface area contributed by atoms with Crippen molar-refractivity contribution in [1.29, 1.82) is 0 Å². The van der Waals surface area contributed by atoms with Gasteiger partial charge in [-0.25, -0.2) is 9.78 Å². The minimum absolute atomic E-state index is 0.267. The average molecular weight is 298 g/mol. The van der Waals surface area contributed by atoms with E-state index in [2.05, 4.69) is 28.6 Å². The number of imidazole rings is 1. The second-order valence-electron chi connectivity index (χ2n) is 5.07. The molecule has 1 heterocycles. The van der Waals surface area contributed by atoms with Crippen LogP contribution in [0.3, 0.4) is 0 Å². The molecule has 2 rings (SSSR count). The summed E-state index contributed by atoms with van der Waals surface area (Å²) in [7, 11) is 0. The molecule has 0 aliphatic heterocycles. The lowest BCUT2D eigenvalue weighted by Gasteiger charge is -2.18. The van der Waals surface area contributed by atoms with Crippen molar-refractivity contribution in [2.45, 2.75) is 32.7 Å². The molecule has 0 spiro atoms. The number of benzene rings is 1. The van der Waals surface area contributed by atoms with Gasteiger partial charge in [0, 0.05) is 18.5 Å². The number of esters is 1. The molecule has 0 aliphatic carbocycles. The van der Waals surface area contributed by atoms with Gasteiger partial charge in [-0.05, 0) is 36.6 Å². The molecule has 4 nitrogen and oxygen atoms in total. The molecular weight excluding hydrogens is 276 g/mol. The van der Waals surface area contributed by atoms with Crippen LogP contribution in [0, 0.1) is 0 Å². The van der Waals surface area contributed by atoms with Crippen molar-refractivity contribution < 1.29 is 9.53 Å². The van der Waals surface area contributed by atoms with Crippen LogP contribution in [-0.4, -0.2) is 22.1 Å². The fraction of sp³-hybridized carbons (Fsp3) is 0.333. The average Bonchev–Trinajstić information content (AvgIpc) is 3.05. The summed E-state index contributed by atoms with van der Waals surface area (Å²) in [5.74, 6) is -0.312. The zero-order valence-corrected chi connectivity index (χ0v) is 13.1. The number of hydrogen-bond acceptors (Lipinski definition) is 3. The highest BCUT2D eigenvalue weighted by atomic mass is 16.5. The normalized spacial score (nSPS) is 12.5. The van der Waals surface area contributed by atoms with Crippen molar-refractivity contribution in [2.24, 2.45) is 0 Å². The van der Waals surface area contributed by atoms with E-state index in [9.17, 15) is 4.79 Å². The van der Waals surface area contributed by atoms with Crippen LogP contribution in [0.1, 0.15) is 43.9 Å². The third kappa shape index (κ3) is 4.32. The zero-order valence-electron chi connectivity index (χ0n) is 13.1. The Bertz CT molecular complexity index is 618. The van der Waals surface area contributed by atoms with E-state index >= 15 is 0 Å². The van der Waals surface area contributed by atoms with E-state index in [4.69, 9.17) is 4.74 Å². The number of rotatable bonds is 7. The van der Waals surface area contributed by atoms with Crippen molar-refractivity contribution in [2.75, 3.05) is 6.61 Å². The zero-order chi connectivity index (χ0) is 15.8. The monoisotopic (exact) mass is 298 g/mol. The van der Waals surface area contributed by atoms with E-state index in [1.807, 2.05) is 24.7 Å². The first kappa shape index (κ1) is 16.0. The number of ether oxygens (including phenoxy) is 1. The Balaban J connectivity index is 2.20. The Hall–Kier alpha value is -2.36. The first-order valence-corrected chi connectivity index (χ1v) is 7.66. The molecule has 0 N–H and O–H groups in total. The van der Waals surface area contributed by atoms with Crippen molar-refractivity contribution >= 4 is 12.0 Å². The van der Waals surface area contributed by atoms with E-state index in [0.717, 1.165) is 18.4 Å². The Labute approximate surface area is 131 Å². The van der Waals surface area contributed by atoms with Crippen molar-refractivity contribution in [3.63, 3.8) is 0 Å². The minimum Gasteiger partial charge on any atom is -0.463 e. The SMILES string of the molecule is CCCC(c1cccc(/C=C/C(=O)OCC)c1)n1ccnc1. The molecule has 2 aromatic rings. The predicted molar refractivity (Wildman–Crippen MR) is 87.4 cm³/mol. The first-order valence-electron chi connectivity index (χ1n) is 7.66. The van der Waals surface area contributed by atoms with Gasteiger partial charge < -0.3 is 9.30 Å². The van der Waals surface area contributed by atoms with Crippen LogP contribution >= 0.6 is 0 Å². The highest BCUT2D eigenvalue weighted by Gasteiger charge is 2.12. The predicted octanol–water partition coefficient (Wildman–Crippen LogP) is 3.85. The van der Waals surface area contributed by atoms with E-state index in [-0.39, 0.29) is 12.0 Å². The fourth-order valence-corrected chi connectivity index (χ4v) is 2.44. The van der Waals surface area contributed by atoms with E-state index in [1.165, 1.54) is 11.6 Å². The maximum atomic E-state index is 11.4. The van der Waals surface area contributed by atoms with Gasteiger partial charge >= 0.3 is 5.97 Å². The number of nitrogens with zero attached hydrogens (tertiary/aromatic N) is 2. The maximum absolute atomic E-state index is 11.4.